The maximum Gasteiger partial charge on any atom is 0.494 e. The maximum atomic E-state index is 10.8. The van der Waals surface area contributed by atoms with Crippen LogP contribution in [-0.4, -0.2) is 24.6 Å². The summed E-state index contributed by atoms with van der Waals surface area (Å²) >= 11 is 0. The van der Waals surface area contributed by atoms with Gasteiger partial charge in [-0.15, -0.1) is 0 Å². The summed E-state index contributed by atoms with van der Waals surface area (Å²) in [6, 6.07) is 10.7. The van der Waals surface area contributed by atoms with Crippen LogP contribution in [0, 0.1) is 11.3 Å². The molecule has 0 unspecified atom stereocenters. The van der Waals surface area contributed by atoms with E-state index >= 15 is 0 Å². The lowest BCUT2D eigenvalue weighted by atomic mass is 9.77. The molecule has 5 nitrogen and oxygen atoms in total. The minimum atomic E-state index is -0.567. The summed E-state index contributed by atoms with van der Waals surface area (Å²) in [5, 5.41) is 9.31. The molecule has 1 aromatic carbocycles. The molecule has 0 aliphatic carbocycles. The standard InChI is InChI=1S/C18H18BNO4/c1-17(2)18(3,4)24-19(23-17)14-8-12(10-20)7-13(9-14)16-6-5-15(11-21)22-16/h5-9,11H,1-4H3. The van der Waals surface area contributed by atoms with Crippen LogP contribution in [0.5, 0.6) is 0 Å². The first-order chi connectivity index (χ1) is 11.3. The second-order valence-electron chi connectivity index (χ2n) is 6.86. The van der Waals surface area contributed by atoms with E-state index in [-0.39, 0.29) is 5.76 Å². The lowest BCUT2D eigenvalue weighted by molar-refractivity contribution is 0.00578. The van der Waals surface area contributed by atoms with Gasteiger partial charge in [0.05, 0.1) is 22.8 Å². The van der Waals surface area contributed by atoms with E-state index < -0.39 is 18.3 Å². The number of carbonyl (C=O) groups is 1. The molecule has 0 bridgehead atoms. The van der Waals surface area contributed by atoms with Crippen LogP contribution in [0.3, 0.4) is 0 Å². The smallest absolute Gasteiger partial charge is 0.453 e. The third-order valence-corrected chi connectivity index (χ3v) is 4.64. The SMILES string of the molecule is CC1(C)OB(c2cc(C#N)cc(-c3ccc(C=O)o3)c2)OC1(C)C. The van der Waals surface area contributed by atoms with Gasteiger partial charge in [-0.1, -0.05) is 6.07 Å². The summed E-state index contributed by atoms with van der Waals surface area (Å²) in [6.07, 6.45) is 0.646. The maximum absolute atomic E-state index is 10.8. The van der Waals surface area contributed by atoms with Crippen LogP contribution in [-0.2, 0) is 9.31 Å². The predicted molar refractivity (Wildman–Crippen MR) is 90.0 cm³/mol. The molecule has 1 fully saturated rings. The number of benzene rings is 1. The van der Waals surface area contributed by atoms with Crippen molar-refractivity contribution in [2.24, 2.45) is 0 Å². The largest absolute Gasteiger partial charge is 0.494 e. The second kappa shape index (κ2) is 5.62. The fourth-order valence-corrected chi connectivity index (χ4v) is 2.55. The minimum absolute atomic E-state index is 0.240. The molecule has 3 rings (SSSR count). The van der Waals surface area contributed by atoms with E-state index in [1.807, 2.05) is 33.8 Å². The Balaban J connectivity index is 2.02. The van der Waals surface area contributed by atoms with Crippen LogP contribution in [0.15, 0.2) is 34.7 Å². The molecule has 122 valence electrons. The number of nitriles is 1. The Morgan fingerprint density at radius 3 is 2.29 bits per heavy atom. The molecule has 1 aliphatic rings. The summed E-state index contributed by atoms with van der Waals surface area (Å²) in [5.74, 6) is 0.761. The van der Waals surface area contributed by atoms with Gasteiger partial charge in [-0.25, -0.2) is 0 Å². The quantitative estimate of drug-likeness (QED) is 0.641. The number of furan rings is 1. The van der Waals surface area contributed by atoms with Gasteiger partial charge in [-0.05, 0) is 57.4 Å². The normalized spacial score (nSPS) is 18.4. The van der Waals surface area contributed by atoms with Crippen molar-refractivity contribution in [1.82, 2.24) is 0 Å². The minimum Gasteiger partial charge on any atom is -0.453 e. The van der Waals surface area contributed by atoms with Crippen LogP contribution in [0.4, 0.5) is 0 Å². The van der Waals surface area contributed by atoms with E-state index in [1.54, 1.807) is 24.3 Å². The molecule has 6 heteroatoms. The Labute approximate surface area is 141 Å². The van der Waals surface area contributed by atoms with Crippen molar-refractivity contribution in [2.45, 2.75) is 38.9 Å². The lowest BCUT2D eigenvalue weighted by Gasteiger charge is -2.32. The number of carbonyl (C=O) groups excluding carboxylic acids is 1. The Morgan fingerprint density at radius 1 is 1.08 bits per heavy atom. The Morgan fingerprint density at radius 2 is 1.75 bits per heavy atom. The van der Waals surface area contributed by atoms with Gasteiger partial charge in [0.2, 0.25) is 0 Å². The highest BCUT2D eigenvalue weighted by molar-refractivity contribution is 6.62. The Kier molecular flexibility index (Phi) is 3.87. The molecule has 0 N–H and O–H groups in total. The second-order valence-corrected chi connectivity index (χ2v) is 6.86. The first-order valence-corrected chi connectivity index (χ1v) is 7.72. The molecule has 1 aliphatic heterocycles. The first-order valence-electron chi connectivity index (χ1n) is 7.72. The molecular weight excluding hydrogens is 305 g/mol. The molecule has 0 radical (unpaired) electrons. The van der Waals surface area contributed by atoms with Crippen molar-refractivity contribution in [3.05, 3.63) is 41.7 Å². The van der Waals surface area contributed by atoms with Crippen LogP contribution < -0.4 is 5.46 Å². The molecule has 1 aromatic heterocycles. The number of hydrogen-bond acceptors (Lipinski definition) is 5. The number of aldehydes is 1. The van der Waals surface area contributed by atoms with Crippen molar-refractivity contribution in [3.8, 4) is 17.4 Å². The van der Waals surface area contributed by atoms with Gasteiger partial charge in [0.25, 0.3) is 0 Å². The van der Waals surface area contributed by atoms with E-state index in [0.717, 1.165) is 5.46 Å². The van der Waals surface area contributed by atoms with Crippen LogP contribution >= 0.6 is 0 Å². The van der Waals surface area contributed by atoms with Crippen molar-refractivity contribution < 1.29 is 18.5 Å². The van der Waals surface area contributed by atoms with Crippen molar-refractivity contribution in [2.75, 3.05) is 0 Å². The average molecular weight is 323 g/mol. The molecule has 0 saturated carbocycles. The van der Waals surface area contributed by atoms with Gasteiger partial charge in [-0.3, -0.25) is 4.79 Å². The monoisotopic (exact) mass is 323 g/mol. The summed E-state index contributed by atoms with van der Waals surface area (Å²) in [6.45, 7) is 7.91. The van der Waals surface area contributed by atoms with Crippen LogP contribution in [0.25, 0.3) is 11.3 Å². The highest BCUT2D eigenvalue weighted by atomic mass is 16.7. The zero-order valence-electron chi connectivity index (χ0n) is 14.1. The fraction of sp³-hybridized carbons (Fsp3) is 0.333. The zero-order chi connectivity index (χ0) is 17.5. The first kappa shape index (κ1) is 16.5. The Hall–Kier alpha value is -2.36. The highest BCUT2D eigenvalue weighted by Gasteiger charge is 2.51. The summed E-state index contributed by atoms with van der Waals surface area (Å²) < 4.78 is 17.6. The number of rotatable bonds is 3. The van der Waals surface area contributed by atoms with Gasteiger partial charge in [0, 0.05) is 5.56 Å². The molecule has 24 heavy (non-hydrogen) atoms. The van der Waals surface area contributed by atoms with Gasteiger partial charge in [-0.2, -0.15) is 5.26 Å². The lowest BCUT2D eigenvalue weighted by Crippen LogP contribution is -2.41. The van der Waals surface area contributed by atoms with Crippen molar-refractivity contribution in [1.29, 1.82) is 5.26 Å². The third-order valence-electron chi connectivity index (χ3n) is 4.64. The molecule has 2 heterocycles. The highest BCUT2D eigenvalue weighted by Crippen LogP contribution is 2.36. The van der Waals surface area contributed by atoms with E-state index in [4.69, 9.17) is 13.7 Å². The molecule has 2 aromatic rings. The number of nitrogens with zero attached hydrogens (tertiary/aromatic N) is 1. The third kappa shape index (κ3) is 2.77. The molecular formula is C18H18BNO4. The summed E-state index contributed by atoms with van der Waals surface area (Å²) in [7, 11) is -0.567. The molecule has 1 saturated heterocycles. The van der Waals surface area contributed by atoms with Gasteiger partial charge in [0.1, 0.15) is 5.76 Å². The van der Waals surface area contributed by atoms with E-state index in [1.165, 1.54) is 0 Å². The fourth-order valence-electron chi connectivity index (χ4n) is 2.55. The summed E-state index contributed by atoms with van der Waals surface area (Å²) in [5.41, 5.74) is 0.992. The predicted octanol–water partition coefficient (Wildman–Crippen LogP) is 2.93. The van der Waals surface area contributed by atoms with Crippen molar-refractivity contribution >= 4 is 18.9 Å². The van der Waals surface area contributed by atoms with Gasteiger partial charge < -0.3 is 13.7 Å². The zero-order valence-corrected chi connectivity index (χ0v) is 14.1. The van der Waals surface area contributed by atoms with Crippen LogP contribution in [0.1, 0.15) is 43.8 Å². The molecule has 0 amide bonds. The topological polar surface area (TPSA) is 72.5 Å². The van der Waals surface area contributed by atoms with E-state index in [9.17, 15) is 10.1 Å². The van der Waals surface area contributed by atoms with Gasteiger partial charge in [0.15, 0.2) is 12.0 Å². The van der Waals surface area contributed by atoms with Crippen molar-refractivity contribution in [3.63, 3.8) is 0 Å². The van der Waals surface area contributed by atoms with Gasteiger partial charge >= 0.3 is 7.12 Å². The van der Waals surface area contributed by atoms with Crippen LogP contribution in [0.2, 0.25) is 0 Å². The van der Waals surface area contributed by atoms with E-state index in [2.05, 4.69) is 6.07 Å². The van der Waals surface area contributed by atoms with E-state index in [0.29, 0.717) is 23.2 Å². The summed E-state index contributed by atoms with van der Waals surface area (Å²) in [4.78, 5) is 10.8. The molecule has 0 spiro atoms. The number of hydrogen-bond donors (Lipinski definition) is 0. The Bertz CT molecular complexity index is 816. The molecule has 0 atom stereocenters. The average Bonchev–Trinajstić information content (AvgIpc) is 3.09.